The summed E-state index contributed by atoms with van der Waals surface area (Å²) in [4.78, 5) is 7.96. The minimum absolute atomic E-state index is 0.0716. The van der Waals surface area contributed by atoms with E-state index in [-0.39, 0.29) is 11.3 Å². The van der Waals surface area contributed by atoms with E-state index in [4.69, 9.17) is 6.57 Å². The van der Waals surface area contributed by atoms with Crippen LogP contribution in [-0.2, 0) is 16.4 Å². The van der Waals surface area contributed by atoms with Crippen LogP contribution < -0.4 is 0 Å². The molecule has 4 atom stereocenters. The zero-order valence-electron chi connectivity index (χ0n) is 18.1. The van der Waals surface area contributed by atoms with Crippen LogP contribution in [0.2, 0.25) is 0 Å². The van der Waals surface area contributed by atoms with Crippen molar-refractivity contribution in [1.29, 1.82) is 0 Å². The van der Waals surface area contributed by atoms with Gasteiger partial charge in [-0.3, -0.25) is 0 Å². The third-order valence-corrected chi connectivity index (χ3v) is 9.04. The van der Waals surface area contributed by atoms with Gasteiger partial charge in [0.15, 0.2) is 5.60 Å². The first-order chi connectivity index (χ1) is 13.4. The second-order valence-corrected chi connectivity index (χ2v) is 10.7. The first-order valence-electron chi connectivity index (χ1n) is 10.6. The highest BCUT2D eigenvalue weighted by Crippen LogP contribution is 2.73. The van der Waals surface area contributed by atoms with E-state index in [1.165, 1.54) is 5.56 Å². The molecule has 150 valence electrons. The largest absolute Gasteiger partial charge is 0.376 e. The van der Waals surface area contributed by atoms with Gasteiger partial charge in [0.05, 0.1) is 5.41 Å². The van der Waals surface area contributed by atoms with Crippen LogP contribution in [0.3, 0.4) is 0 Å². The topological polar surface area (TPSA) is 40.4 Å². The number of H-pyrrole nitrogens is 1. The van der Waals surface area contributed by atoms with Crippen molar-refractivity contribution in [2.75, 3.05) is 0 Å². The van der Waals surface area contributed by atoms with Gasteiger partial charge < -0.3 is 14.9 Å². The van der Waals surface area contributed by atoms with E-state index >= 15 is 0 Å². The van der Waals surface area contributed by atoms with Crippen LogP contribution in [0.15, 0.2) is 43.0 Å². The minimum Gasteiger partial charge on any atom is -0.376 e. The minimum atomic E-state index is -1.31. The molecular weight excluding hydrogens is 356 g/mol. The quantitative estimate of drug-likeness (QED) is 0.475. The lowest BCUT2D eigenvalue weighted by Gasteiger charge is -2.64. The highest BCUT2D eigenvalue weighted by atomic mass is 16.3. The molecule has 29 heavy (non-hydrogen) atoms. The molecule has 0 unspecified atom stereocenters. The Kier molecular flexibility index (Phi) is 3.14. The summed E-state index contributed by atoms with van der Waals surface area (Å²) in [7, 11) is 0. The monoisotopic (exact) mass is 386 g/mol. The third kappa shape index (κ3) is 1.57. The van der Waals surface area contributed by atoms with Crippen molar-refractivity contribution in [2.24, 2.45) is 11.3 Å². The highest BCUT2D eigenvalue weighted by molar-refractivity contribution is 5.93. The molecule has 0 amide bonds. The number of aromatic amines is 1. The lowest BCUT2D eigenvalue weighted by molar-refractivity contribution is -0.156. The van der Waals surface area contributed by atoms with Crippen LogP contribution in [0.4, 0.5) is 0 Å². The van der Waals surface area contributed by atoms with Crippen molar-refractivity contribution in [1.82, 2.24) is 4.98 Å². The van der Waals surface area contributed by atoms with E-state index in [0.29, 0.717) is 0 Å². The standard InChI is InChI=1S/C26H30N2O/c1-9-24(7)14-13-18-23(5,6)16-11-10-12-17-19(16)20-21(28-17)22(3,4)15(2)26(24,27-8)25(18,20)29/h9-12,18,28-29H,1-2,13-14H2,3-7H3/t18-,24+,25-,26-/m1/s1. The zero-order valence-corrected chi connectivity index (χ0v) is 18.1. The third-order valence-electron chi connectivity index (χ3n) is 9.04. The van der Waals surface area contributed by atoms with Gasteiger partial charge in [0.1, 0.15) is 0 Å². The highest BCUT2D eigenvalue weighted by Gasteiger charge is 2.80. The molecule has 2 N–H and O–H groups in total. The Balaban J connectivity index is 2.09. The molecular formula is C26H30N2O. The Labute approximate surface area is 173 Å². The molecule has 3 aliphatic carbocycles. The number of rotatable bonds is 1. The van der Waals surface area contributed by atoms with Crippen molar-refractivity contribution < 1.29 is 5.11 Å². The number of nitrogens with one attached hydrogen (secondary N) is 1. The summed E-state index contributed by atoms with van der Waals surface area (Å²) < 4.78 is 0. The molecule has 0 radical (unpaired) electrons. The molecule has 0 bridgehead atoms. The summed E-state index contributed by atoms with van der Waals surface area (Å²) in [5.41, 5.74) is 1.32. The average Bonchev–Trinajstić information content (AvgIpc) is 3.07. The SMILES string of the molecule is [C-]#[N+][C@@]12C(=C)C(C)(C)c3[nH]c4cccc5c4c3[C@]1(O)[C@H](CC[C@]2(C)C=C)C5(C)C. The van der Waals surface area contributed by atoms with Crippen LogP contribution in [0.25, 0.3) is 15.7 Å². The van der Waals surface area contributed by atoms with Crippen LogP contribution >= 0.6 is 0 Å². The first kappa shape index (κ1) is 18.7. The predicted octanol–water partition coefficient (Wildman–Crippen LogP) is 5.75. The van der Waals surface area contributed by atoms with Gasteiger partial charge >= 0.3 is 0 Å². The molecule has 5 rings (SSSR count). The molecule has 0 saturated heterocycles. The van der Waals surface area contributed by atoms with E-state index in [2.05, 4.69) is 75.8 Å². The van der Waals surface area contributed by atoms with Crippen molar-refractivity contribution >= 4 is 10.9 Å². The number of benzene rings is 1. The molecule has 0 aliphatic heterocycles. The number of aliphatic hydroxyl groups is 1. The molecule has 1 aromatic carbocycles. The van der Waals surface area contributed by atoms with Crippen LogP contribution in [-0.4, -0.2) is 15.6 Å². The summed E-state index contributed by atoms with van der Waals surface area (Å²) in [5, 5.41) is 14.0. The van der Waals surface area contributed by atoms with Gasteiger partial charge in [-0.2, -0.15) is 0 Å². The maximum atomic E-state index is 12.9. The van der Waals surface area contributed by atoms with Crippen LogP contribution in [0.1, 0.15) is 64.3 Å². The number of hydrogen-bond donors (Lipinski definition) is 2. The van der Waals surface area contributed by atoms with Crippen molar-refractivity contribution in [3.05, 3.63) is 71.2 Å². The smallest absolute Gasteiger partial charge is 0.295 e. The Morgan fingerprint density at radius 1 is 1.24 bits per heavy atom. The molecule has 1 aromatic heterocycles. The number of hydrogen-bond acceptors (Lipinski definition) is 1. The molecule has 3 heteroatoms. The zero-order chi connectivity index (χ0) is 21.2. The predicted molar refractivity (Wildman–Crippen MR) is 118 cm³/mol. The lowest BCUT2D eigenvalue weighted by atomic mass is 9.38. The van der Waals surface area contributed by atoms with Gasteiger partial charge in [-0.1, -0.05) is 52.5 Å². The van der Waals surface area contributed by atoms with E-state index in [0.717, 1.165) is 40.6 Å². The molecule has 3 nitrogen and oxygen atoms in total. The van der Waals surface area contributed by atoms with Gasteiger partial charge in [0.2, 0.25) is 0 Å². The summed E-state index contributed by atoms with van der Waals surface area (Å²) in [5.74, 6) is -0.0716. The number of nitrogens with zero attached hydrogens (tertiary/aromatic N) is 1. The molecule has 3 aliphatic rings. The fourth-order valence-electron chi connectivity index (χ4n) is 7.29. The van der Waals surface area contributed by atoms with Gasteiger partial charge in [-0.25, -0.2) is 6.57 Å². The van der Waals surface area contributed by atoms with Gasteiger partial charge in [-0.15, -0.1) is 6.58 Å². The Bertz CT molecular complexity index is 1160. The van der Waals surface area contributed by atoms with Crippen molar-refractivity contribution in [3.8, 4) is 0 Å². The van der Waals surface area contributed by atoms with Gasteiger partial charge in [0, 0.05) is 39.1 Å². The summed E-state index contributed by atoms with van der Waals surface area (Å²) >= 11 is 0. The first-order valence-corrected chi connectivity index (χ1v) is 10.6. The molecule has 2 aromatic rings. The Morgan fingerprint density at radius 2 is 1.93 bits per heavy atom. The van der Waals surface area contributed by atoms with Crippen LogP contribution in [0.5, 0.6) is 0 Å². The second-order valence-electron chi connectivity index (χ2n) is 10.7. The average molecular weight is 387 g/mol. The van der Waals surface area contributed by atoms with E-state index in [1.807, 2.05) is 6.08 Å². The number of aromatic nitrogens is 1. The van der Waals surface area contributed by atoms with E-state index in [9.17, 15) is 5.11 Å². The maximum absolute atomic E-state index is 12.9. The second kappa shape index (κ2) is 4.87. The molecule has 1 saturated carbocycles. The molecule has 0 spiro atoms. The summed E-state index contributed by atoms with van der Waals surface area (Å²) in [6.45, 7) is 28.0. The normalized spacial score (nSPS) is 38.5. The fraction of sp³-hybridized carbons (Fsp3) is 0.500. The van der Waals surface area contributed by atoms with E-state index in [1.54, 1.807) is 0 Å². The summed E-state index contributed by atoms with van der Waals surface area (Å²) in [6.07, 6.45) is 3.57. The fourth-order valence-corrected chi connectivity index (χ4v) is 7.29. The van der Waals surface area contributed by atoms with Crippen molar-refractivity contribution in [2.45, 2.75) is 69.4 Å². The van der Waals surface area contributed by atoms with Gasteiger partial charge in [0.25, 0.3) is 5.54 Å². The Hall–Kier alpha value is -2.31. The Morgan fingerprint density at radius 3 is 2.55 bits per heavy atom. The molecule has 1 heterocycles. The van der Waals surface area contributed by atoms with Crippen molar-refractivity contribution in [3.63, 3.8) is 0 Å². The summed E-state index contributed by atoms with van der Waals surface area (Å²) in [6, 6.07) is 6.39. The van der Waals surface area contributed by atoms with Gasteiger partial charge in [-0.05, 0) is 36.8 Å². The maximum Gasteiger partial charge on any atom is 0.295 e. The molecule has 1 fully saturated rings. The van der Waals surface area contributed by atoms with E-state index < -0.39 is 22.0 Å². The lowest BCUT2D eigenvalue weighted by Crippen LogP contribution is -2.72. The van der Waals surface area contributed by atoms with Crippen LogP contribution in [0, 0.1) is 17.9 Å².